The van der Waals surface area contributed by atoms with E-state index >= 15 is 0 Å². The molecule has 0 nitrogen and oxygen atoms in total. The van der Waals surface area contributed by atoms with Crippen molar-refractivity contribution in [3.05, 3.63) is 0 Å². The molecule has 2 aliphatic carbocycles. The molecule has 0 unspecified atom stereocenters. The second-order valence-corrected chi connectivity index (χ2v) is 6.39. The minimum Gasteiger partial charge on any atom is -0.0599 e. The Labute approximate surface area is 84.1 Å². The van der Waals surface area contributed by atoms with Gasteiger partial charge < -0.3 is 0 Å². The van der Waals surface area contributed by atoms with Crippen LogP contribution in [0.2, 0.25) is 0 Å². The van der Waals surface area contributed by atoms with Crippen molar-refractivity contribution >= 4 is 0 Å². The molecule has 0 spiro atoms. The predicted molar refractivity (Wildman–Crippen MR) is 59.9 cm³/mol. The van der Waals surface area contributed by atoms with Crippen LogP contribution < -0.4 is 0 Å². The summed E-state index contributed by atoms with van der Waals surface area (Å²) in [5, 5.41) is 0. The maximum atomic E-state index is 2.36. The van der Waals surface area contributed by atoms with Gasteiger partial charge in [0.05, 0.1) is 0 Å². The van der Waals surface area contributed by atoms with E-state index in [4.69, 9.17) is 0 Å². The van der Waals surface area contributed by atoms with E-state index in [0.29, 0.717) is 5.41 Å². The highest BCUT2D eigenvalue weighted by atomic mass is 14.3. The molecule has 0 bridgehead atoms. The maximum absolute atomic E-state index is 2.36. The zero-order valence-corrected chi connectivity index (χ0v) is 9.95. The topological polar surface area (TPSA) is 0 Å². The van der Waals surface area contributed by atoms with Crippen LogP contribution in [0.1, 0.15) is 72.6 Å². The Morgan fingerprint density at radius 3 is 0.923 bits per heavy atom. The van der Waals surface area contributed by atoms with Gasteiger partial charge in [0.1, 0.15) is 0 Å². The molecule has 0 heteroatoms. The molecule has 0 N–H and O–H groups in total. The van der Waals surface area contributed by atoms with Crippen LogP contribution in [0, 0.1) is 10.8 Å². The third-order valence-electron chi connectivity index (χ3n) is 3.66. The third kappa shape index (κ3) is 4.15. The standard InChI is InChI=1S/C7H14.C6H12/c1-7(2)5-3-4-6-7;1-6(2)4-3-5-6/h3-6H2,1-2H3;3-5H2,1-2H3. The normalized spacial score (nSPS) is 28.6. The van der Waals surface area contributed by atoms with Gasteiger partial charge in [0, 0.05) is 0 Å². The van der Waals surface area contributed by atoms with E-state index in [-0.39, 0.29) is 0 Å². The predicted octanol–water partition coefficient (Wildman–Crippen LogP) is 4.78. The summed E-state index contributed by atoms with van der Waals surface area (Å²) in [7, 11) is 0. The van der Waals surface area contributed by atoms with Crippen LogP contribution in [-0.2, 0) is 0 Å². The zero-order valence-electron chi connectivity index (χ0n) is 9.95. The van der Waals surface area contributed by atoms with Crippen molar-refractivity contribution < 1.29 is 0 Å². The first-order valence-corrected chi connectivity index (χ1v) is 5.91. The van der Waals surface area contributed by atoms with Gasteiger partial charge in [-0.05, 0) is 36.5 Å². The van der Waals surface area contributed by atoms with Gasteiger partial charge in [-0.25, -0.2) is 0 Å². The summed E-state index contributed by atoms with van der Waals surface area (Å²) in [6.07, 6.45) is 10.2. The molecule has 0 aromatic rings. The Balaban J connectivity index is 0.000000132. The molecule has 2 saturated carbocycles. The first-order valence-electron chi connectivity index (χ1n) is 5.91. The van der Waals surface area contributed by atoms with Gasteiger partial charge in [-0.3, -0.25) is 0 Å². The lowest BCUT2D eigenvalue weighted by molar-refractivity contribution is 0.190. The first-order chi connectivity index (χ1) is 5.91. The van der Waals surface area contributed by atoms with Crippen LogP contribution in [0.15, 0.2) is 0 Å². The Bertz CT molecular complexity index is 139. The Morgan fingerprint density at radius 2 is 0.846 bits per heavy atom. The van der Waals surface area contributed by atoms with Crippen molar-refractivity contribution in [2.75, 3.05) is 0 Å². The summed E-state index contributed by atoms with van der Waals surface area (Å²) in [4.78, 5) is 0. The smallest absolute Gasteiger partial charge is 0.0354 e. The third-order valence-corrected chi connectivity index (χ3v) is 3.66. The summed E-state index contributed by atoms with van der Waals surface area (Å²) in [5.41, 5.74) is 1.42. The van der Waals surface area contributed by atoms with Crippen LogP contribution in [0.25, 0.3) is 0 Å². The molecule has 2 fully saturated rings. The molecule has 78 valence electrons. The van der Waals surface area contributed by atoms with Crippen LogP contribution in [0.4, 0.5) is 0 Å². The zero-order chi connectivity index (χ0) is 9.95. The lowest BCUT2D eigenvalue weighted by atomic mass is 9.72. The highest BCUT2D eigenvalue weighted by molar-refractivity contribution is 4.77. The molecular weight excluding hydrogens is 156 g/mol. The number of hydrogen-bond acceptors (Lipinski definition) is 0. The average Bonchev–Trinajstić information content (AvgIpc) is 2.33. The van der Waals surface area contributed by atoms with E-state index in [1.165, 1.54) is 44.9 Å². The fourth-order valence-electron chi connectivity index (χ4n) is 2.22. The van der Waals surface area contributed by atoms with Crippen molar-refractivity contribution in [3.8, 4) is 0 Å². The molecule has 2 aliphatic rings. The summed E-state index contributed by atoms with van der Waals surface area (Å²) in [6, 6.07) is 0. The Kier molecular flexibility index (Phi) is 3.43. The average molecular weight is 182 g/mol. The molecule has 13 heavy (non-hydrogen) atoms. The fourth-order valence-corrected chi connectivity index (χ4v) is 2.22. The molecule has 0 aromatic heterocycles. The van der Waals surface area contributed by atoms with Crippen molar-refractivity contribution in [2.24, 2.45) is 10.8 Å². The van der Waals surface area contributed by atoms with Crippen LogP contribution in [-0.4, -0.2) is 0 Å². The van der Waals surface area contributed by atoms with Gasteiger partial charge >= 0.3 is 0 Å². The summed E-state index contributed by atoms with van der Waals surface area (Å²) < 4.78 is 0. The summed E-state index contributed by atoms with van der Waals surface area (Å²) >= 11 is 0. The van der Waals surface area contributed by atoms with Gasteiger partial charge in [-0.15, -0.1) is 0 Å². The minimum absolute atomic E-state index is 0.694. The molecule has 0 saturated heterocycles. The summed E-state index contributed by atoms with van der Waals surface area (Å²) in [5.74, 6) is 0. The summed E-state index contributed by atoms with van der Waals surface area (Å²) in [6.45, 7) is 9.38. The molecule has 0 radical (unpaired) electrons. The van der Waals surface area contributed by atoms with Crippen molar-refractivity contribution in [1.82, 2.24) is 0 Å². The second-order valence-electron chi connectivity index (χ2n) is 6.39. The molecular formula is C13H26. The van der Waals surface area contributed by atoms with Gasteiger partial charge in [-0.2, -0.15) is 0 Å². The fraction of sp³-hybridized carbons (Fsp3) is 1.00. The van der Waals surface area contributed by atoms with Crippen molar-refractivity contribution in [1.29, 1.82) is 0 Å². The van der Waals surface area contributed by atoms with E-state index in [2.05, 4.69) is 27.7 Å². The molecule has 0 amide bonds. The van der Waals surface area contributed by atoms with E-state index in [1.54, 1.807) is 0 Å². The van der Waals surface area contributed by atoms with Gasteiger partial charge in [0.25, 0.3) is 0 Å². The van der Waals surface area contributed by atoms with Gasteiger partial charge in [-0.1, -0.05) is 47.0 Å². The first kappa shape index (κ1) is 11.1. The van der Waals surface area contributed by atoms with Gasteiger partial charge in [0.2, 0.25) is 0 Å². The molecule has 0 atom stereocenters. The van der Waals surface area contributed by atoms with E-state index in [0.717, 1.165) is 5.41 Å². The lowest BCUT2D eigenvalue weighted by Crippen LogP contribution is -2.20. The highest BCUT2D eigenvalue weighted by Gasteiger charge is 2.25. The number of rotatable bonds is 0. The van der Waals surface area contributed by atoms with E-state index in [9.17, 15) is 0 Å². The Hall–Kier alpha value is 0. The molecule has 0 aliphatic heterocycles. The SMILES string of the molecule is CC1(C)CCC1.CC1(C)CCCC1. The van der Waals surface area contributed by atoms with Crippen LogP contribution in [0.3, 0.4) is 0 Å². The van der Waals surface area contributed by atoms with Crippen LogP contribution in [0.5, 0.6) is 0 Å². The molecule has 2 rings (SSSR count). The minimum atomic E-state index is 0.694. The molecule has 0 aromatic carbocycles. The Morgan fingerprint density at radius 1 is 0.538 bits per heavy atom. The second kappa shape index (κ2) is 4.02. The monoisotopic (exact) mass is 182 g/mol. The molecule has 0 heterocycles. The van der Waals surface area contributed by atoms with E-state index in [1.807, 2.05) is 0 Å². The maximum Gasteiger partial charge on any atom is -0.0354 e. The van der Waals surface area contributed by atoms with E-state index < -0.39 is 0 Å². The van der Waals surface area contributed by atoms with Crippen LogP contribution >= 0.6 is 0 Å². The number of hydrogen-bond donors (Lipinski definition) is 0. The largest absolute Gasteiger partial charge is 0.0599 e. The lowest BCUT2D eigenvalue weighted by Gasteiger charge is -2.33. The highest BCUT2D eigenvalue weighted by Crippen LogP contribution is 2.39. The van der Waals surface area contributed by atoms with Crippen molar-refractivity contribution in [2.45, 2.75) is 72.6 Å². The quantitative estimate of drug-likeness (QED) is 0.505. The van der Waals surface area contributed by atoms with Gasteiger partial charge in [0.15, 0.2) is 0 Å². The van der Waals surface area contributed by atoms with Crippen molar-refractivity contribution in [3.63, 3.8) is 0 Å².